The monoisotopic (exact) mass is 405 g/mol. The van der Waals surface area contributed by atoms with Gasteiger partial charge in [-0.25, -0.2) is 9.37 Å². The fourth-order valence-corrected chi connectivity index (χ4v) is 3.37. The van der Waals surface area contributed by atoms with E-state index in [-0.39, 0.29) is 28.9 Å². The van der Waals surface area contributed by atoms with Crippen LogP contribution < -0.4 is 10.3 Å². The molecule has 4 aromatic rings. The first-order chi connectivity index (χ1) is 14.4. The first-order valence-corrected chi connectivity index (χ1v) is 9.40. The standard InChI is InChI=1S/C23H20FN3O3/c1-26(12-15-3-4-17-10-19(30-2)7-5-16(17)9-15)22(28)13-27-14-25-21-11-18(24)6-8-20(21)23(27)29/h3-11,14H,12-13H2,1-2H3. The number of hydrogen-bond donors (Lipinski definition) is 0. The third kappa shape index (κ3) is 3.87. The molecule has 0 bridgehead atoms. The molecule has 152 valence electrons. The van der Waals surface area contributed by atoms with Crippen molar-refractivity contribution in [1.82, 2.24) is 14.5 Å². The number of benzene rings is 3. The summed E-state index contributed by atoms with van der Waals surface area (Å²) in [5.74, 6) is 0.103. The quantitative estimate of drug-likeness (QED) is 0.511. The lowest BCUT2D eigenvalue weighted by molar-refractivity contribution is -0.131. The van der Waals surface area contributed by atoms with E-state index in [1.807, 2.05) is 36.4 Å². The van der Waals surface area contributed by atoms with Gasteiger partial charge in [-0.15, -0.1) is 0 Å². The molecule has 1 amide bonds. The summed E-state index contributed by atoms with van der Waals surface area (Å²) in [6.07, 6.45) is 1.28. The van der Waals surface area contributed by atoms with Crippen LogP contribution >= 0.6 is 0 Å². The molecule has 0 fully saturated rings. The average molecular weight is 405 g/mol. The Kier molecular flexibility index (Phi) is 5.18. The number of amides is 1. The predicted octanol–water partition coefficient (Wildman–Crippen LogP) is 3.36. The van der Waals surface area contributed by atoms with Gasteiger partial charge in [0.05, 0.1) is 24.3 Å². The van der Waals surface area contributed by atoms with Crippen LogP contribution in [0.4, 0.5) is 4.39 Å². The van der Waals surface area contributed by atoms with Crippen LogP contribution in [0.15, 0.2) is 65.7 Å². The zero-order valence-corrected chi connectivity index (χ0v) is 16.6. The highest BCUT2D eigenvalue weighted by Gasteiger charge is 2.13. The predicted molar refractivity (Wildman–Crippen MR) is 113 cm³/mol. The van der Waals surface area contributed by atoms with Crippen molar-refractivity contribution < 1.29 is 13.9 Å². The van der Waals surface area contributed by atoms with Crippen molar-refractivity contribution in [3.05, 3.63) is 82.7 Å². The zero-order chi connectivity index (χ0) is 21.3. The second-order valence-electron chi connectivity index (χ2n) is 7.14. The second-order valence-corrected chi connectivity index (χ2v) is 7.14. The molecule has 0 aliphatic carbocycles. The molecule has 0 unspecified atom stereocenters. The molecule has 0 saturated carbocycles. The van der Waals surface area contributed by atoms with Crippen LogP contribution in [0.25, 0.3) is 21.7 Å². The van der Waals surface area contributed by atoms with Crippen molar-refractivity contribution in [1.29, 1.82) is 0 Å². The lowest BCUT2D eigenvalue weighted by atomic mass is 10.1. The average Bonchev–Trinajstić information content (AvgIpc) is 2.75. The normalized spacial score (nSPS) is 11.0. The Morgan fingerprint density at radius 2 is 1.87 bits per heavy atom. The number of ether oxygens (including phenoxy) is 1. The Balaban J connectivity index is 1.51. The number of nitrogens with zero attached hydrogens (tertiary/aromatic N) is 3. The molecule has 0 spiro atoms. The van der Waals surface area contributed by atoms with Crippen molar-refractivity contribution in [3.63, 3.8) is 0 Å². The van der Waals surface area contributed by atoms with Crippen LogP contribution in [0, 0.1) is 5.82 Å². The SMILES string of the molecule is COc1ccc2cc(CN(C)C(=O)Cn3cnc4cc(F)ccc4c3=O)ccc2c1. The molecule has 0 atom stereocenters. The summed E-state index contributed by atoms with van der Waals surface area (Å²) in [5, 5.41) is 2.38. The summed E-state index contributed by atoms with van der Waals surface area (Å²) in [6, 6.07) is 15.6. The molecule has 3 aromatic carbocycles. The number of carbonyl (C=O) groups is 1. The second kappa shape index (κ2) is 7.94. The Morgan fingerprint density at radius 1 is 1.10 bits per heavy atom. The molecule has 0 aliphatic heterocycles. The molecule has 4 rings (SSSR count). The minimum absolute atomic E-state index is 0.138. The Hall–Kier alpha value is -3.74. The highest BCUT2D eigenvalue weighted by Crippen LogP contribution is 2.22. The summed E-state index contributed by atoms with van der Waals surface area (Å²) in [6.45, 7) is 0.266. The van der Waals surface area contributed by atoms with Crippen molar-refractivity contribution in [3.8, 4) is 5.75 Å². The lowest BCUT2D eigenvalue weighted by Gasteiger charge is -2.18. The van der Waals surface area contributed by atoms with E-state index in [0.717, 1.165) is 22.1 Å². The van der Waals surface area contributed by atoms with E-state index in [4.69, 9.17) is 4.74 Å². The molecule has 7 heteroatoms. The number of rotatable bonds is 5. The van der Waals surface area contributed by atoms with Gasteiger partial charge in [0.25, 0.3) is 5.56 Å². The fraction of sp³-hybridized carbons (Fsp3) is 0.174. The molecule has 0 N–H and O–H groups in total. The zero-order valence-electron chi connectivity index (χ0n) is 16.6. The van der Waals surface area contributed by atoms with Crippen LogP contribution in [-0.2, 0) is 17.9 Å². The summed E-state index contributed by atoms with van der Waals surface area (Å²) in [4.78, 5) is 30.9. The van der Waals surface area contributed by atoms with E-state index < -0.39 is 5.82 Å². The summed E-state index contributed by atoms with van der Waals surface area (Å²) in [7, 11) is 3.32. The van der Waals surface area contributed by atoms with Crippen LogP contribution in [0.5, 0.6) is 5.75 Å². The van der Waals surface area contributed by atoms with E-state index >= 15 is 0 Å². The molecule has 0 saturated heterocycles. The summed E-state index contributed by atoms with van der Waals surface area (Å²) < 4.78 is 19.8. The van der Waals surface area contributed by atoms with Crippen molar-refractivity contribution in [2.75, 3.05) is 14.2 Å². The van der Waals surface area contributed by atoms with E-state index in [2.05, 4.69) is 4.98 Å². The molecule has 0 radical (unpaired) electrons. The first-order valence-electron chi connectivity index (χ1n) is 9.40. The molecule has 30 heavy (non-hydrogen) atoms. The van der Waals surface area contributed by atoms with E-state index in [1.165, 1.54) is 29.1 Å². The number of halogens is 1. The van der Waals surface area contributed by atoms with Gasteiger partial charge >= 0.3 is 0 Å². The minimum atomic E-state index is -0.461. The fourth-order valence-electron chi connectivity index (χ4n) is 3.37. The van der Waals surface area contributed by atoms with Gasteiger partial charge in [0.1, 0.15) is 18.1 Å². The number of carbonyl (C=O) groups excluding carboxylic acids is 1. The maximum absolute atomic E-state index is 13.3. The van der Waals surface area contributed by atoms with Gasteiger partial charge in [-0.05, 0) is 46.7 Å². The largest absolute Gasteiger partial charge is 0.497 e. The Labute approximate surface area is 172 Å². The maximum atomic E-state index is 13.3. The third-order valence-electron chi connectivity index (χ3n) is 5.05. The van der Waals surface area contributed by atoms with Crippen LogP contribution in [0.2, 0.25) is 0 Å². The topological polar surface area (TPSA) is 64.4 Å². The molecular weight excluding hydrogens is 385 g/mol. The van der Waals surface area contributed by atoms with Gasteiger partial charge in [0.2, 0.25) is 5.91 Å². The molecule has 0 aliphatic rings. The van der Waals surface area contributed by atoms with Gasteiger partial charge in [-0.1, -0.05) is 18.2 Å². The highest BCUT2D eigenvalue weighted by molar-refractivity contribution is 5.85. The van der Waals surface area contributed by atoms with Gasteiger partial charge in [-0.3, -0.25) is 14.2 Å². The lowest BCUT2D eigenvalue weighted by Crippen LogP contribution is -2.33. The number of methoxy groups -OCH3 is 1. The number of hydrogen-bond acceptors (Lipinski definition) is 4. The summed E-state index contributed by atoms with van der Waals surface area (Å²) >= 11 is 0. The van der Waals surface area contributed by atoms with Gasteiger partial charge in [0.15, 0.2) is 0 Å². The van der Waals surface area contributed by atoms with Crippen LogP contribution in [0.1, 0.15) is 5.56 Å². The number of fused-ring (bicyclic) bond motifs is 2. The number of likely N-dealkylation sites (N-methyl/N-ethyl adjacent to an activating group) is 1. The third-order valence-corrected chi connectivity index (χ3v) is 5.05. The van der Waals surface area contributed by atoms with Gasteiger partial charge < -0.3 is 9.64 Å². The minimum Gasteiger partial charge on any atom is -0.497 e. The van der Waals surface area contributed by atoms with Crippen molar-refractivity contribution in [2.24, 2.45) is 0 Å². The van der Waals surface area contributed by atoms with Gasteiger partial charge in [0, 0.05) is 19.7 Å². The van der Waals surface area contributed by atoms with Crippen LogP contribution in [0.3, 0.4) is 0 Å². The van der Waals surface area contributed by atoms with Crippen molar-refractivity contribution in [2.45, 2.75) is 13.1 Å². The Morgan fingerprint density at radius 3 is 2.67 bits per heavy atom. The van der Waals surface area contributed by atoms with Crippen LogP contribution in [-0.4, -0.2) is 34.5 Å². The molecular formula is C23H20FN3O3. The van der Waals surface area contributed by atoms with E-state index in [0.29, 0.717) is 6.54 Å². The van der Waals surface area contributed by atoms with E-state index in [1.54, 1.807) is 19.1 Å². The molecule has 6 nitrogen and oxygen atoms in total. The summed E-state index contributed by atoms with van der Waals surface area (Å²) in [5.41, 5.74) is 0.870. The van der Waals surface area contributed by atoms with E-state index in [9.17, 15) is 14.0 Å². The first kappa shape index (κ1) is 19.6. The Bertz CT molecular complexity index is 1320. The van der Waals surface area contributed by atoms with Gasteiger partial charge in [-0.2, -0.15) is 0 Å². The highest BCUT2D eigenvalue weighted by atomic mass is 19.1. The smallest absolute Gasteiger partial charge is 0.261 e. The number of aromatic nitrogens is 2. The maximum Gasteiger partial charge on any atom is 0.261 e. The van der Waals surface area contributed by atoms with Crippen molar-refractivity contribution >= 4 is 27.6 Å². The molecule has 1 heterocycles. The molecule has 1 aromatic heterocycles.